The molecule has 0 radical (unpaired) electrons. The second-order valence-electron chi connectivity index (χ2n) is 6.05. The highest BCUT2D eigenvalue weighted by molar-refractivity contribution is 7.17. The summed E-state index contributed by atoms with van der Waals surface area (Å²) in [5, 5.41) is 0.993. The third kappa shape index (κ3) is 2.61. The van der Waals surface area contributed by atoms with Crippen LogP contribution in [0, 0.1) is 5.41 Å². The van der Waals surface area contributed by atoms with E-state index < -0.39 is 0 Å². The molecule has 1 saturated heterocycles. The first-order chi connectivity index (χ1) is 9.76. The maximum atomic E-state index is 11.1. The molecule has 0 atom stereocenters. The van der Waals surface area contributed by atoms with Gasteiger partial charge in [0.2, 0.25) is 0 Å². The number of piperidine rings is 1. The number of hydrogen-bond donors (Lipinski definition) is 0. The average molecular weight is 294 g/mol. The Morgan fingerprint density at radius 3 is 2.60 bits per heavy atom. The van der Waals surface area contributed by atoms with Gasteiger partial charge in [-0.15, -0.1) is 0 Å². The highest BCUT2D eigenvalue weighted by Crippen LogP contribution is 2.47. The molecule has 0 unspecified atom stereocenters. The predicted molar refractivity (Wildman–Crippen MR) is 80.6 cm³/mol. The fourth-order valence-corrected chi connectivity index (χ4v) is 4.55. The molecule has 20 heavy (non-hydrogen) atoms. The van der Waals surface area contributed by atoms with Gasteiger partial charge in [0, 0.05) is 20.2 Å². The van der Waals surface area contributed by atoms with Crippen LogP contribution < -0.4 is 4.90 Å². The fraction of sp³-hybridized carbons (Fsp3) is 0.733. The van der Waals surface area contributed by atoms with E-state index in [0.29, 0.717) is 16.9 Å². The minimum absolute atomic E-state index is 0.419. The fourth-order valence-electron chi connectivity index (χ4n) is 3.62. The van der Waals surface area contributed by atoms with Crippen LogP contribution in [0.2, 0.25) is 0 Å². The van der Waals surface area contributed by atoms with Crippen LogP contribution in [0.15, 0.2) is 0 Å². The van der Waals surface area contributed by atoms with Crippen LogP contribution in [0.1, 0.15) is 53.9 Å². The van der Waals surface area contributed by atoms with E-state index in [1.165, 1.54) is 49.9 Å². The molecule has 1 aliphatic heterocycles. The van der Waals surface area contributed by atoms with Crippen molar-refractivity contribution in [3.63, 3.8) is 0 Å². The predicted octanol–water partition coefficient (Wildman–Crippen LogP) is 3.26. The minimum Gasteiger partial charge on any atom is -0.378 e. The highest BCUT2D eigenvalue weighted by atomic mass is 32.1. The maximum Gasteiger partial charge on any atom is 0.186 e. The second-order valence-corrected chi connectivity index (χ2v) is 7.06. The van der Waals surface area contributed by atoms with Crippen LogP contribution in [0.4, 0.5) is 5.13 Å². The lowest BCUT2D eigenvalue weighted by molar-refractivity contribution is 0.112. The molecule has 1 spiro atoms. The topological polar surface area (TPSA) is 42.4 Å². The summed E-state index contributed by atoms with van der Waals surface area (Å²) < 4.78 is 5.11. The summed E-state index contributed by atoms with van der Waals surface area (Å²) >= 11 is 1.50. The van der Waals surface area contributed by atoms with Crippen molar-refractivity contribution in [1.29, 1.82) is 0 Å². The summed E-state index contributed by atoms with van der Waals surface area (Å²) in [5.74, 6) is 0. The van der Waals surface area contributed by atoms with Crippen LogP contribution in [0.3, 0.4) is 0 Å². The number of aldehydes is 1. The van der Waals surface area contributed by atoms with E-state index in [1.54, 1.807) is 7.11 Å². The Bertz CT molecular complexity index is 470. The largest absolute Gasteiger partial charge is 0.378 e. The van der Waals surface area contributed by atoms with Crippen molar-refractivity contribution in [2.45, 2.75) is 45.1 Å². The van der Waals surface area contributed by atoms with E-state index in [2.05, 4.69) is 9.88 Å². The zero-order valence-corrected chi connectivity index (χ0v) is 12.9. The first-order valence-electron chi connectivity index (χ1n) is 7.45. The Kier molecular flexibility index (Phi) is 4.08. The van der Waals surface area contributed by atoms with Gasteiger partial charge in [0.05, 0.1) is 17.2 Å². The molecule has 110 valence electrons. The van der Waals surface area contributed by atoms with Crippen molar-refractivity contribution in [3.8, 4) is 0 Å². The van der Waals surface area contributed by atoms with Crippen LogP contribution in [-0.4, -0.2) is 31.5 Å². The van der Waals surface area contributed by atoms with Gasteiger partial charge in [-0.05, 0) is 31.1 Å². The molecule has 5 heteroatoms. The van der Waals surface area contributed by atoms with Crippen molar-refractivity contribution < 1.29 is 9.53 Å². The lowest BCUT2D eigenvalue weighted by atomic mass is 9.77. The lowest BCUT2D eigenvalue weighted by Gasteiger charge is -2.39. The Hall–Kier alpha value is -0.940. The highest BCUT2D eigenvalue weighted by Gasteiger charge is 2.37. The van der Waals surface area contributed by atoms with Gasteiger partial charge in [-0.3, -0.25) is 4.79 Å². The number of rotatable bonds is 4. The van der Waals surface area contributed by atoms with E-state index in [9.17, 15) is 4.79 Å². The Labute approximate surface area is 124 Å². The van der Waals surface area contributed by atoms with Crippen molar-refractivity contribution in [2.24, 2.45) is 5.41 Å². The zero-order valence-electron chi connectivity index (χ0n) is 12.1. The number of ether oxygens (including phenoxy) is 1. The Morgan fingerprint density at radius 2 is 2.00 bits per heavy atom. The lowest BCUT2D eigenvalue weighted by Crippen LogP contribution is -2.38. The number of anilines is 1. The molecule has 0 amide bonds. The zero-order chi connectivity index (χ0) is 14.0. The van der Waals surface area contributed by atoms with Gasteiger partial charge in [0.15, 0.2) is 11.4 Å². The summed E-state index contributed by atoms with van der Waals surface area (Å²) in [6.45, 7) is 2.58. The number of aromatic nitrogens is 1. The first-order valence-corrected chi connectivity index (χ1v) is 8.27. The van der Waals surface area contributed by atoms with Gasteiger partial charge >= 0.3 is 0 Å². The van der Waals surface area contributed by atoms with E-state index in [4.69, 9.17) is 4.74 Å². The van der Waals surface area contributed by atoms with Gasteiger partial charge < -0.3 is 9.64 Å². The van der Waals surface area contributed by atoms with Crippen molar-refractivity contribution in [2.75, 3.05) is 25.1 Å². The molecule has 0 N–H and O–H groups in total. The standard InChI is InChI=1S/C15H22N2O2S/c1-19-11-12-13(10-18)20-14(16-12)17-8-6-15(7-9-17)4-2-3-5-15/h10H,2-9,11H2,1H3. The molecule has 0 bridgehead atoms. The quantitative estimate of drug-likeness (QED) is 0.799. The third-order valence-electron chi connectivity index (χ3n) is 4.86. The van der Waals surface area contributed by atoms with Gasteiger partial charge in [0.1, 0.15) is 0 Å². The number of hydrogen-bond acceptors (Lipinski definition) is 5. The summed E-state index contributed by atoms with van der Waals surface area (Å²) in [6.07, 6.45) is 9.10. The van der Waals surface area contributed by atoms with Crippen molar-refractivity contribution in [3.05, 3.63) is 10.6 Å². The Balaban J connectivity index is 1.69. The first kappa shape index (κ1) is 14.0. The van der Waals surface area contributed by atoms with Crippen LogP contribution in [0.25, 0.3) is 0 Å². The molecule has 2 fully saturated rings. The molecule has 3 rings (SSSR count). The minimum atomic E-state index is 0.419. The van der Waals surface area contributed by atoms with Crippen LogP contribution in [-0.2, 0) is 11.3 Å². The van der Waals surface area contributed by atoms with Crippen LogP contribution >= 0.6 is 11.3 Å². The summed E-state index contributed by atoms with van der Waals surface area (Å²) in [5.41, 5.74) is 1.40. The van der Waals surface area contributed by atoms with E-state index in [0.717, 1.165) is 30.2 Å². The molecule has 2 aliphatic rings. The van der Waals surface area contributed by atoms with Gasteiger partial charge in [-0.25, -0.2) is 4.98 Å². The van der Waals surface area contributed by atoms with Gasteiger partial charge in [-0.1, -0.05) is 24.2 Å². The molecule has 1 aromatic heterocycles. The number of carbonyl (C=O) groups excluding carboxylic acids is 1. The van der Waals surface area contributed by atoms with Crippen molar-refractivity contribution in [1.82, 2.24) is 4.98 Å². The molecule has 1 aromatic rings. The monoisotopic (exact) mass is 294 g/mol. The third-order valence-corrected chi connectivity index (χ3v) is 5.95. The van der Waals surface area contributed by atoms with Gasteiger partial charge in [-0.2, -0.15) is 0 Å². The smallest absolute Gasteiger partial charge is 0.186 e. The number of carbonyl (C=O) groups is 1. The SMILES string of the molecule is COCc1nc(N2CCC3(CCCC3)CC2)sc1C=O. The number of thiazole rings is 1. The second kappa shape index (κ2) is 5.82. The van der Waals surface area contributed by atoms with E-state index in [1.807, 2.05) is 0 Å². The molecular weight excluding hydrogens is 272 g/mol. The molecular formula is C15H22N2O2S. The maximum absolute atomic E-state index is 11.1. The molecule has 2 heterocycles. The molecule has 0 aromatic carbocycles. The molecule has 1 saturated carbocycles. The van der Waals surface area contributed by atoms with Crippen LogP contribution in [0.5, 0.6) is 0 Å². The molecule has 1 aliphatic carbocycles. The van der Waals surface area contributed by atoms with Gasteiger partial charge in [0.25, 0.3) is 0 Å². The van der Waals surface area contributed by atoms with E-state index in [-0.39, 0.29) is 0 Å². The number of methoxy groups -OCH3 is 1. The Morgan fingerprint density at radius 1 is 1.30 bits per heavy atom. The normalized spacial score (nSPS) is 21.6. The number of nitrogens with zero attached hydrogens (tertiary/aromatic N) is 2. The van der Waals surface area contributed by atoms with Crippen molar-refractivity contribution >= 4 is 22.8 Å². The average Bonchev–Trinajstić information content (AvgIpc) is 3.08. The summed E-state index contributed by atoms with van der Waals surface area (Å²) in [7, 11) is 1.64. The molecule has 4 nitrogen and oxygen atoms in total. The summed E-state index contributed by atoms with van der Waals surface area (Å²) in [4.78, 5) is 18.8. The van der Waals surface area contributed by atoms with E-state index >= 15 is 0 Å². The summed E-state index contributed by atoms with van der Waals surface area (Å²) in [6, 6.07) is 0.